The Balaban J connectivity index is 1.38. The second kappa shape index (κ2) is 10.6. The molecule has 9 aromatic rings. The van der Waals surface area contributed by atoms with Crippen LogP contribution in [0, 0.1) is 0 Å². The van der Waals surface area contributed by atoms with Gasteiger partial charge in [0.25, 0.3) is 0 Å². The third kappa shape index (κ3) is 4.27. The Morgan fingerprint density at radius 3 is 1.63 bits per heavy atom. The van der Waals surface area contributed by atoms with Gasteiger partial charge in [-0.1, -0.05) is 78.9 Å². The number of aromatic nitrogens is 4. The molecule has 0 bridgehead atoms. The van der Waals surface area contributed by atoms with Crippen molar-refractivity contribution in [2.24, 2.45) is 0 Å². The van der Waals surface area contributed by atoms with E-state index in [2.05, 4.69) is 129 Å². The summed E-state index contributed by atoms with van der Waals surface area (Å²) in [7, 11) is 0. The Hall–Kier alpha value is -6.40. The molecule has 0 spiro atoms. The van der Waals surface area contributed by atoms with Gasteiger partial charge in [-0.2, -0.15) is 0 Å². The van der Waals surface area contributed by atoms with E-state index in [0.29, 0.717) is 11.5 Å². The van der Waals surface area contributed by atoms with Gasteiger partial charge in [0.05, 0.1) is 12.4 Å². The SMILES string of the molecule is c1ccc2c(-c3ccc4c(-c5ccnc(-c6cnco6)c5)c5ccccc5c(-c5ccnc(-c6cnco6)c5)c4c3)cccc2c1. The maximum atomic E-state index is 5.63. The van der Waals surface area contributed by atoms with Gasteiger partial charge in [0, 0.05) is 12.4 Å². The molecule has 0 aliphatic heterocycles. The molecule has 0 N–H and O–H groups in total. The summed E-state index contributed by atoms with van der Waals surface area (Å²) in [5, 5.41) is 6.96. The Labute approximate surface area is 263 Å². The molecule has 0 amide bonds. The highest BCUT2D eigenvalue weighted by Crippen LogP contribution is 2.46. The van der Waals surface area contributed by atoms with Crippen LogP contribution >= 0.6 is 0 Å². The van der Waals surface area contributed by atoms with Crippen molar-refractivity contribution in [3.8, 4) is 56.3 Å². The predicted molar refractivity (Wildman–Crippen MR) is 182 cm³/mol. The van der Waals surface area contributed by atoms with Crippen LogP contribution in [0.25, 0.3) is 88.6 Å². The van der Waals surface area contributed by atoms with Crippen LogP contribution in [0.15, 0.2) is 156 Å². The van der Waals surface area contributed by atoms with Crippen LogP contribution in [-0.4, -0.2) is 19.9 Å². The minimum absolute atomic E-state index is 0.625. The zero-order valence-corrected chi connectivity index (χ0v) is 24.5. The summed E-state index contributed by atoms with van der Waals surface area (Å²) >= 11 is 0. The minimum atomic E-state index is 0.625. The topological polar surface area (TPSA) is 77.8 Å². The first-order chi connectivity index (χ1) is 22.8. The fourth-order valence-corrected chi connectivity index (χ4v) is 6.57. The number of oxazole rings is 2. The van der Waals surface area contributed by atoms with E-state index in [9.17, 15) is 0 Å². The van der Waals surface area contributed by atoms with Gasteiger partial charge in [-0.3, -0.25) is 9.97 Å². The number of nitrogens with zero attached hydrogens (tertiary/aromatic N) is 4. The lowest BCUT2D eigenvalue weighted by Gasteiger charge is -2.19. The van der Waals surface area contributed by atoms with Crippen molar-refractivity contribution in [1.82, 2.24) is 19.9 Å². The Bertz CT molecular complexity index is 2530. The van der Waals surface area contributed by atoms with E-state index in [1.54, 1.807) is 12.4 Å². The quantitative estimate of drug-likeness (QED) is 0.185. The Morgan fingerprint density at radius 1 is 0.435 bits per heavy atom. The van der Waals surface area contributed by atoms with E-state index >= 15 is 0 Å². The summed E-state index contributed by atoms with van der Waals surface area (Å²) in [5.74, 6) is 1.25. The molecule has 5 aromatic carbocycles. The van der Waals surface area contributed by atoms with Crippen LogP contribution in [-0.2, 0) is 0 Å². The largest absolute Gasteiger partial charge is 0.442 e. The van der Waals surface area contributed by atoms with E-state index in [0.717, 1.165) is 60.8 Å². The summed E-state index contributed by atoms with van der Waals surface area (Å²) < 4.78 is 11.2. The summed E-state index contributed by atoms with van der Waals surface area (Å²) in [4.78, 5) is 17.4. The molecule has 0 radical (unpaired) electrons. The third-order valence-corrected chi connectivity index (χ3v) is 8.59. The summed E-state index contributed by atoms with van der Waals surface area (Å²) in [5.41, 5.74) is 8.14. The highest BCUT2D eigenvalue weighted by molar-refractivity contribution is 6.22. The van der Waals surface area contributed by atoms with Crippen molar-refractivity contribution in [2.45, 2.75) is 0 Å². The normalized spacial score (nSPS) is 11.5. The Kier molecular flexibility index (Phi) is 6.03. The minimum Gasteiger partial charge on any atom is -0.442 e. The van der Waals surface area contributed by atoms with Gasteiger partial charge in [0.1, 0.15) is 11.4 Å². The zero-order chi connectivity index (χ0) is 30.5. The van der Waals surface area contributed by atoms with Gasteiger partial charge >= 0.3 is 0 Å². The van der Waals surface area contributed by atoms with Crippen LogP contribution in [0.4, 0.5) is 0 Å². The highest BCUT2D eigenvalue weighted by Gasteiger charge is 2.19. The lowest BCUT2D eigenvalue weighted by atomic mass is 9.84. The average molecular weight is 593 g/mol. The fraction of sp³-hybridized carbons (Fsp3) is 0. The van der Waals surface area contributed by atoms with Crippen molar-refractivity contribution in [2.75, 3.05) is 0 Å². The lowest BCUT2D eigenvalue weighted by molar-refractivity contribution is 0.569. The maximum absolute atomic E-state index is 5.63. The molecule has 216 valence electrons. The predicted octanol–water partition coefficient (Wildman–Crippen LogP) is 10.2. The van der Waals surface area contributed by atoms with Crippen LogP contribution in [0.5, 0.6) is 0 Å². The van der Waals surface area contributed by atoms with Crippen LogP contribution in [0.1, 0.15) is 0 Å². The number of pyridine rings is 2. The van der Waals surface area contributed by atoms with E-state index in [1.807, 2.05) is 12.4 Å². The monoisotopic (exact) mass is 592 g/mol. The molecule has 0 fully saturated rings. The number of hydrogen-bond acceptors (Lipinski definition) is 6. The van der Waals surface area contributed by atoms with Gasteiger partial charge in [-0.15, -0.1) is 0 Å². The van der Waals surface area contributed by atoms with Crippen molar-refractivity contribution < 1.29 is 8.83 Å². The molecule has 9 rings (SSSR count). The molecule has 0 aliphatic rings. The maximum Gasteiger partial charge on any atom is 0.181 e. The van der Waals surface area contributed by atoms with Gasteiger partial charge in [0.2, 0.25) is 0 Å². The fourth-order valence-electron chi connectivity index (χ4n) is 6.57. The van der Waals surface area contributed by atoms with Crippen molar-refractivity contribution in [3.63, 3.8) is 0 Å². The number of fused-ring (bicyclic) bond motifs is 3. The smallest absolute Gasteiger partial charge is 0.181 e. The number of hydrogen-bond donors (Lipinski definition) is 0. The van der Waals surface area contributed by atoms with Crippen molar-refractivity contribution in [3.05, 3.63) is 147 Å². The molecule has 0 saturated carbocycles. The highest BCUT2D eigenvalue weighted by atomic mass is 16.3. The second-order valence-corrected chi connectivity index (χ2v) is 11.2. The second-order valence-electron chi connectivity index (χ2n) is 11.2. The van der Waals surface area contributed by atoms with E-state index in [-0.39, 0.29) is 0 Å². The number of rotatable bonds is 5. The molecule has 0 unspecified atom stereocenters. The number of benzene rings is 5. The van der Waals surface area contributed by atoms with Crippen molar-refractivity contribution >= 4 is 32.3 Å². The lowest BCUT2D eigenvalue weighted by Crippen LogP contribution is -1.93. The van der Waals surface area contributed by atoms with E-state index in [4.69, 9.17) is 8.83 Å². The first kappa shape index (κ1) is 26.0. The summed E-state index contributed by atoms with van der Waals surface area (Å²) in [6.07, 6.45) is 9.92. The molecule has 4 aromatic heterocycles. The molecule has 4 heterocycles. The summed E-state index contributed by atoms with van der Waals surface area (Å²) in [6, 6.07) is 38.7. The molecule has 0 atom stereocenters. The molecule has 46 heavy (non-hydrogen) atoms. The Morgan fingerprint density at radius 2 is 1.00 bits per heavy atom. The van der Waals surface area contributed by atoms with Gasteiger partial charge < -0.3 is 8.83 Å². The van der Waals surface area contributed by atoms with Crippen molar-refractivity contribution in [1.29, 1.82) is 0 Å². The molecule has 0 saturated heterocycles. The summed E-state index contributed by atoms with van der Waals surface area (Å²) in [6.45, 7) is 0. The van der Waals surface area contributed by atoms with Gasteiger partial charge in [-0.25, -0.2) is 9.97 Å². The van der Waals surface area contributed by atoms with E-state index in [1.165, 1.54) is 29.1 Å². The van der Waals surface area contributed by atoms with Crippen LogP contribution < -0.4 is 0 Å². The first-order valence-electron chi connectivity index (χ1n) is 15.0. The molecular weight excluding hydrogens is 568 g/mol. The van der Waals surface area contributed by atoms with Gasteiger partial charge in [-0.05, 0) is 96.0 Å². The first-order valence-corrected chi connectivity index (χ1v) is 15.0. The van der Waals surface area contributed by atoms with Crippen LogP contribution in [0.3, 0.4) is 0 Å². The van der Waals surface area contributed by atoms with Gasteiger partial charge in [0.15, 0.2) is 24.3 Å². The average Bonchev–Trinajstić information content (AvgIpc) is 3.86. The molecule has 6 heteroatoms. The standard InChI is InChI=1S/C40H24N4O2/c1-2-8-29-25(6-1)7-5-11-30(29)26-12-13-33-34(18-26)40(28-15-17-44-36(20-28)38-22-42-24-46-38)32-10-4-3-9-31(32)39(33)27-14-16-43-35(19-27)37-21-41-23-45-37/h1-24H. The van der Waals surface area contributed by atoms with E-state index < -0.39 is 0 Å². The molecule has 6 nitrogen and oxygen atoms in total. The molecule has 0 aliphatic carbocycles. The third-order valence-electron chi connectivity index (χ3n) is 8.59. The van der Waals surface area contributed by atoms with Crippen LogP contribution in [0.2, 0.25) is 0 Å². The zero-order valence-electron chi connectivity index (χ0n) is 24.5. The molecular formula is C40H24N4O2.